The lowest BCUT2D eigenvalue weighted by Gasteiger charge is -2.18. The molecule has 2 aliphatic rings. The lowest BCUT2D eigenvalue weighted by atomic mass is 9.87. The van der Waals surface area contributed by atoms with Gasteiger partial charge in [-0.05, 0) is 90.4 Å². The molecule has 0 aliphatic carbocycles. The van der Waals surface area contributed by atoms with Crippen molar-refractivity contribution >= 4 is 32.6 Å². The summed E-state index contributed by atoms with van der Waals surface area (Å²) in [5, 5.41) is 10.8. The van der Waals surface area contributed by atoms with Crippen molar-refractivity contribution in [2.24, 2.45) is 0 Å². The maximum Gasteiger partial charge on any atom is 0.179 e. The summed E-state index contributed by atoms with van der Waals surface area (Å²) < 4.78 is 45.3. The van der Waals surface area contributed by atoms with Crippen LogP contribution in [0.5, 0.6) is 11.5 Å². The molecule has 5 nitrogen and oxygen atoms in total. The molecule has 2 aliphatic heterocycles. The summed E-state index contributed by atoms with van der Waals surface area (Å²) in [7, 11) is -3.62. The van der Waals surface area contributed by atoms with E-state index >= 15 is 0 Å². The van der Waals surface area contributed by atoms with Crippen molar-refractivity contribution in [3.05, 3.63) is 87.9 Å². The largest absolute Gasteiger partial charge is 0.508 e. The van der Waals surface area contributed by atoms with Gasteiger partial charge in [-0.25, -0.2) is 8.42 Å². The van der Waals surface area contributed by atoms with Gasteiger partial charge in [-0.3, -0.25) is 9.29 Å². The van der Waals surface area contributed by atoms with Crippen LogP contribution >= 0.6 is 11.6 Å². The van der Waals surface area contributed by atoms with Crippen LogP contribution in [0.15, 0.2) is 65.6 Å². The number of halogens is 2. The first-order valence-corrected chi connectivity index (χ1v) is 14.9. The van der Waals surface area contributed by atoms with Gasteiger partial charge in [0.25, 0.3) is 0 Å². The van der Waals surface area contributed by atoms with Crippen molar-refractivity contribution in [1.82, 2.24) is 4.90 Å². The van der Waals surface area contributed by atoms with Crippen LogP contribution in [-0.4, -0.2) is 56.6 Å². The highest BCUT2D eigenvalue weighted by Crippen LogP contribution is 2.42. The van der Waals surface area contributed by atoms with E-state index in [1.807, 2.05) is 49.4 Å². The van der Waals surface area contributed by atoms with Crippen LogP contribution in [-0.2, 0) is 9.84 Å². The van der Waals surface area contributed by atoms with E-state index in [4.69, 9.17) is 16.3 Å². The molecule has 0 unspecified atom stereocenters. The fourth-order valence-corrected chi connectivity index (χ4v) is 6.95. The normalized spacial score (nSPS) is 19.3. The monoisotopic (exact) mass is 555 g/mol. The molecule has 0 aromatic heterocycles. The van der Waals surface area contributed by atoms with E-state index in [-0.39, 0.29) is 29.2 Å². The third-order valence-corrected chi connectivity index (χ3v) is 9.45. The minimum atomic E-state index is -3.62. The second-order valence-corrected chi connectivity index (χ2v) is 12.4. The molecule has 1 atom stereocenters. The molecule has 1 N–H and O–H groups in total. The molecular formula is C30H31ClFNO4S. The van der Waals surface area contributed by atoms with Gasteiger partial charge >= 0.3 is 0 Å². The molecule has 0 spiro atoms. The number of hydrogen-bond acceptors (Lipinski definition) is 5. The molecule has 0 amide bonds. The summed E-state index contributed by atoms with van der Waals surface area (Å²) >= 11 is 6.30. The van der Waals surface area contributed by atoms with Crippen LogP contribution in [0.3, 0.4) is 0 Å². The Kier molecular flexibility index (Phi) is 7.80. The van der Waals surface area contributed by atoms with Gasteiger partial charge in [-0.1, -0.05) is 35.9 Å². The Morgan fingerprint density at radius 2 is 1.84 bits per heavy atom. The number of likely N-dealkylation sites (tertiary alicyclic amines) is 1. The molecule has 38 heavy (non-hydrogen) atoms. The lowest BCUT2D eigenvalue weighted by molar-refractivity contribution is 0.198. The number of ether oxygens (including phenoxy) is 1. The van der Waals surface area contributed by atoms with E-state index < -0.39 is 9.84 Å². The molecule has 8 heteroatoms. The highest BCUT2D eigenvalue weighted by Gasteiger charge is 2.29. The summed E-state index contributed by atoms with van der Waals surface area (Å²) in [6.45, 7) is 4.05. The first-order chi connectivity index (χ1) is 18.2. The quantitative estimate of drug-likeness (QED) is 0.370. The number of hydrogen-bond donors (Lipinski definition) is 1. The van der Waals surface area contributed by atoms with Crippen LogP contribution < -0.4 is 4.74 Å². The Morgan fingerprint density at radius 1 is 1.08 bits per heavy atom. The number of rotatable bonds is 7. The van der Waals surface area contributed by atoms with Crippen LogP contribution in [0.25, 0.3) is 11.1 Å². The van der Waals surface area contributed by atoms with Gasteiger partial charge in [0.05, 0.1) is 17.3 Å². The van der Waals surface area contributed by atoms with Crippen molar-refractivity contribution in [3.63, 3.8) is 0 Å². The Morgan fingerprint density at radius 3 is 2.58 bits per heavy atom. The van der Waals surface area contributed by atoms with Crippen molar-refractivity contribution in [2.75, 3.05) is 32.1 Å². The van der Waals surface area contributed by atoms with E-state index in [9.17, 15) is 17.9 Å². The van der Waals surface area contributed by atoms with Gasteiger partial charge < -0.3 is 9.84 Å². The SMILES string of the molecule is Cc1cc(C2=C(c3ccc(O[C@H]4CCN(CCCF)C4)cc3)c3ccc(O)cc3S(=O)(=O)CC2)ccc1Cl. The molecule has 0 saturated carbocycles. The summed E-state index contributed by atoms with van der Waals surface area (Å²) in [6, 6.07) is 18.0. The van der Waals surface area contributed by atoms with Gasteiger partial charge in [-0.15, -0.1) is 0 Å². The molecule has 0 bridgehead atoms. The van der Waals surface area contributed by atoms with Crippen LogP contribution in [0.1, 0.15) is 41.5 Å². The number of benzene rings is 3. The number of sulfone groups is 1. The number of aryl methyl sites for hydroxylation is 1. The standard InChI is InChI=1S/C30H31ClFNO4S/c1-20-17-22(5-10-28(20)31)26-12-16-38(35,36)29-18-23(34)6-9-27(29)30(26)21-3-7-24(8-4-21)37-25-11-15-33(19-25)14-2-13-32/h3-10,17-18,25,34H,2,11-16,19H2,1H3/t25-/m0/s1. The zero-order valence-electron chi connectivity index (χ0n) is 21.3. The molecule has 2 heterocycles. The molecule has 0 radical (unpaired) electrons. The van der Waals surface area contributed by atoms with Crippen LogP contribution in [0, 0.1) is 6.92 Å². The molecule has 1 saturated heterocycles. The number of nitrogens with zero attached hydrogens (tertiary/aromatic N) is 1. The average molecular weight is 556 g/mol. The summed E-state index contributed by atoms with van der Waals surface area (Å²) in [5.41, 5.74) is 4.97. The molecular weight excluding hydrogens is 525 g/mol. The number of aromatic hydroxyl groups is 1. The third kappa shape index (κ3) is 5.60. The highest BCUT2D eigenvalue weighted by molar-refractivity contribution is 7.91. The first kappa shape index (κ1) is 26.7. The lowest BCUT2D eigenvalue weighted by Crippen LogP contribution is -2.26. The second kappa shape index (κ2) is 11.1. The maximum atomic E-state index is 13.3. The van der Waals surface area contributed by atoms with Gasteiger partial charge in [0.15, 0.2) is 9.84 Å². The van der Waals surface area contributed by atoms with Gasteiger partial charge in [0.2, 0.25) is 0 Å². The van der Waals surface area contributed by atoms with Crippen LogP contribution in [0.2, 0.25) is 5.02 Å². The molecule has 3 aromatic rings. The van der Waals surface area contributed by atoms with E-state index in [1.165, 1.54) is 12.1 Å². The third-order valence-electron chi connectivity index (χ3n) is 7.28. The Bertz CT molecular complexity index is 1470. The topological polar surface area (TPSA) is 66.8 Å². The van der Waals surface area contributed by atoms with Crippen molar-refractivity contribution in [3.8, 4) is 11.5 Å². The zero-order valence-corrected chi connectivity index (χ0v) is 22.9. The van der Waals surface area contributed by atoms with E-state index in [0.29, 0.717) is 23.4 Å². The van der Waals surface area contributed by atoms with Gasteiger partial charge in [0.1, 0.15) is 17.6 Å². The molecule has 1 fully saturated rings. The van der Waals surface area contributed by atoms with Gasteiger partial charge in [0, 0.05) is 30.2 Å². The Hall–Kier alpha value is -2.87. The number of allylic oxidation sites excluding steroid dienone is 1. The minimum absolute atomic E-state index is 0.0546. The molecule has 3 aromatic carbocycles. The van der Waals surface area contributed by atoms with Gasteiger partial charge in [-0.2, -0.15) is 0 Å². The Balaban J connectivity index is 1.54. The van der Waals surface area contributed by atoms with Crippen molar-refractivity contribution in [1.29, 1.82) is 0 Å². The predicted molar refractivity (Wildman–Crippen MR) is 149 cm³/mol. The summed E-state index contributed by atoms with van der Waals surface area (Å²) in [5.74, 6) is 0.590. The highest BCUT2D eigenvalue weighted by atomic mass is 35.5. The maximum absolute atomic E-state index is 13.3. The fraction of sp³-hybridized carbons (Fsp3) is 0.333. The minimum Gasteiger partial charge on any atom is -0.508 e. The predicted octanol–water partition coefficient (Wildman–Crippen LogP) is 6.30. The number of phenols is 1. The zero-order chi connectivity index (χ0) is 26.9. The molecule has 200 valence electrons. The fourth-order valence-electron chi connectivity index (χ4n) is 5.33. The number of phenolic OH excluding ortho intramolecular Hbond substituents is 1. The Labute approximate surface area is 228 Å². The molecule has 5 rings (SSSR count). The number of fused-ring (bicyclic) bond motifs is 1. The van der Waals surface area contributed by atoms with E-state index in [2.05, 4.69) is 4.90 Å². The van der Waals surface area contributed by atoms with E-state index in [0.717, 1.165) is 59.6 Å². The van der Waals surface area contributed by atoms with E-state index in [1.54, 1.807) is 6.07 Å². The second-order valence-electron chi connectivity index (χ2n) is 9.96. The smallest absolute Gasteiger partial charge is 0.179 e. The first-order valence-electron chi connectivity index (χ1n) is 12.9. The summed E-state index contributed by atoms with van der Waals surface area (Å²) in [4.78, 5) is 2.36. The summed E-state index contributed by atoms with van der Waals surface area (Å²) in [6.07, 6.45) is 1.82. The van der Waals surface area contributed by atoms with Crippen molar-refractivity contribution < 1.29 is 22.7 Å². The van der Waals surface area contributed by atoms with Crippen molar-refractivity contribution in [2.45, 2.75) is 37.2 Å². The number of alkyl halides is 1. The average Bonchev–Trinajstić information content (AvgIpc) is 3.30. The van der Waals surface area contributed by atoms with Crippen LogP contribution in [0.4, 0.5) is 4.39 Å².